The molecule has 0 heterocycles. The van der Waals surface area contributed by atoms with E-state index in [0.717, 1.165) is 12.1 Å². The third-order valence-corrected chi connectivity index (χ3v) is 2.81. The molecule has 0 saturated carbocycles. The predicted molar refractivity (Wildman–Crippen MR) is 70.9 cm³/mol. The van der Waals surface area contributed by atoms with Crippen LogP contribution in [0.15, 0.2) is 42.5 Å². The summed E-state index contributed by atoms with van der Waals surface area (Å²) in [6.45, 7) is 0. The largest absolute Gasteiger partial charge is 0.416 e. The second kappa shape index (κ2) is 5.43. The smallest absolute Gasteiger partial charge is 0.354 e. The first kappa shape index (κ1) is 14.2. The Hall–Kier alpha value is -2.19. The highest BCUT2D eigenvalue weighted by Crippen LogP contribution is 2.32. The van der Waals surface area contributed by atoms with Crippen LogP contribution in [0.4, 0.5) is 24.5 Å². The van der Waals surface area contributed by atoms with Crippen LogP contribution in [0, 0.1) is 11.3 Å². The van der Waals surface area contributed by atoms with E-state index in [2.05, 4.69) is 5.32 Å². The topological polar surface area (TPSA) is 35.8 Å². The molecule has 0 aliphatic carbocycles. The van der Waals surface area contributed by atoms with E-state index in [-0.39, 0.29) is 5.56 Å². The first-order chi connectivity index (χ1) is 9.40. The Bertz CT molecular complexity index is 675. The summed E-state index contributed by atoms with van der Waals surface area (Å²) in [4.78, 5) is 0. The molecular formula is C14H8ClF3N2. The van der Waals surface area contributed by atoms with Crippen LogP contribution in [-0.2, 0) is 6.18 Å². The lowest BCUT2D eigenvalue weighted by atomic mass is 10.1. The maximum atomic E-state index is 12.6. The van der Waals surface area contributed by atoms with Crippen LogP contribution in [0.1, 0.15) is 11.1 Å². The zero-order valence-electron chi connectivity index (χ0n) is 10.0. The highest BCUT2D eigenvalue weighted by Gasteiger charge is 2.31. The number of nitrogens with one attached hydrogen (secondary N) is 1. The van der Waals surface area contributed by atoms with E-state index in [1.807, 2.05) is 0 Å². The van der Waals surface area contributed by atoms with Gasteiger partial charge in [-0.25, -0.2) is 0 Å². The van der Waals surface area contributed by atoms with Crippen LogP contribution in [0.2, 0.25) is 5.02 Å². The summed E-state index contributed by atoms with van der Waals surface area (Å²) in [6, 6.07) is 11.4. The zero-order valence-corrected chi connectivity index (χ0v) is 10.8. The van der Waals surface area contributed by atoms with Crippen molar-refractivity contribution in [1.82, 2.24) is 0 Å². The minimum atomic E-state index is -4.47. The first-order valence-electron chi connectivity index (χ1n) is 5.54. The monoisotopic (exact) mass is 296 g/mol. The van der Waals surface area contributed by atoms with E-state index in [0.29, 0.717) is 16.4 Å². The van der Waals surface area contributed by atoms with E-state index >= 15 is 0 Å². The van der Waals surface area contributed by atoms with Crippen LogP contribution in [0.5, 0.6) is 0 Å². The molecule has 0 fully saturated rings. The van der Waals surface area contributed by atoms with Gasteiger partial charge in [-0.15, -0.1) is 0 Å². The number of hydrogen-bond donors (Lipinski definition) is 1. The van der Waals surface area contributed by atoms with Gasteiger partial charge in [-0.2, -0.15) is 18.4 Å². The molecule has 2 aromatic rings. The first-order valence-corrected chi connectivity index (χ1v) is 5.92. The van der Waals surface area contributed by atoms with Crippen LogP contribution < -0.4 is 5.32 Å². The molecule has 20 heavy (non-hydrogen) atoms. The Morgan fingerprint density at radius 3 is 2.45 bits per heavy atom. The number of rotatable bonds is 2. The Morgan fingerprint density at radius 1 is 1.10 bits per heavy atom. The molecule has 0 radical (unpaired) electrons. The van der Waals surface area contributed by atoms with Gasteiger partial charge in [0, 0.05) is 10.7 Å². The van der Waals surface area contributed by atoms with Gasteiger partial charge in [0.25, 0.3) is 0 Å². The molecule has 2 rings (SSSR count). The van der Waals surface area contributed by atoms with Crippen molar-refractivity contribution < 1.29 is 13.2 Å². The second-order valence-corrected chi connectivity index (χ2v) is 4.44. The van der Waals surface area contributed by atoms with Gasteiger partial charge in [0.1, 0.15) is 6.07 Å². The van der Waals surface area contributed by atoms with E-state index in [9.17, 15) is 13.2 Å². The van der Waals surface area contributed by atoms with Crippen molar-refractivity contribution in [3.05, 3.63) is 58.6 Å². The van der Waals surface area contributed by atoms with Crippen LogP contribution in [-0.4, -0.2) is 0 Å². The van der Waals surface area contributed by atoms with E-state index in [4.69, 9.17) is 16.9 Å². The highest BCUT2D eigenvalue weighted by atomic mass is 35.5. The van der Waals surface area contributed by atoms with Crippen molar-refractivity contribution in [3.8, 4) is 6.07 Å². The van der Waals surface area contributed by atoms with Crippen molar-refractivity contribution in [2.75, 3.05) is 5.32 Å². The molecule has 0 aliphatic heterocycles. The van der Waals surface area contributed by atoms with Gasteiger partial charge in [-0.1, -0.05) is 17.7 Å². The van der Waals surface area contributed by atoms with Crippen LogP contribution >= 0.6 is 11.6 Å². The van der Waals surface area contributed by atoms with Gasteiger partial charge < -0.3 is 5.32 Å². The molecule has 2 nitrogen and oxygen atoms in total. The lowest BCUT2D eigenvalue weighted by Crippen LogP contribution is -2.06. The number of anilines is 2. The van der Waals surface area contributed by atoms with Gasteiger partial charge >= 0.3 is 6.18 Å². The van der Waals surface area contributed by atoms with Crippen molar-refractivity contribution in [2.24, 2.45) is 0 Å². The Balaban J connectivity index is 2.36. The molecule has 0 bridgehead atoms. The molecule has 0 saturated heterocycles. The van der Waals surface area contributed by atoms with Crippen LogP contribution in [0.3, 0.4) is 0 Å². The molecule has 0 atom stereocenters. The lowest BCUT2D eigenvalue weighted by Gasteiger charge is -2.11. The molecule has 0 amide bonds. The van der Waals surface area contributed by atoms with Gasteiger partial charge in [0.05, 0.1) is 16.8 Å². The summed E-state index contributed by atoms with van der Waals surface area (Å²) in [5.41, 5.74) is -0.0537. The lowest BCUT2D eigenvalue weighted by molar-refractivity contribution is -0.137. The summed E-state index contributed by atoms with van der Waals surface area (Å²) >= 11 is 5.82. The summed E-state index contributed by atoms with van der Waals surface area (Å²) in [7, 11) is 0. The number of halogens is 4. The molecule has 102 valence electrons. The maximum absolute atomic E-state index is 12.6. The molecule has 2 aromatic carbocycles. The summed E-state index contributed by atoms with van der Waals surface area (Å²) in [5.74, 6) is 0. The molecular weight excluding hydrogens is 289 g/mol. The Labute approximate surface area is 118 Å². The average molecular weight is 297 g/mol. The fraction of sp³-hybridized carbons (Fsp3) is 0.0714. The van der Waals surface area contributed by atoms with Crippen molar-refractivity contribution in [3.63, 3.8) is 0 Å². The van der Waals surface area contributed by atoms with E-state index < -0.39 is 11.7 Å². The zero-order chi connectivity index (χ0) is 14.8. The molecule has 0 aromatic heterocycles. The van der Waals surface area contributed by atoms with Crippen molar-refractivity contribution in [1.29, 1.82) is 5.26 Å². The number of nitrogens with zero attached hydrogens (tertiary/aromatic N) is 1. The number of alkyl halides is 3. The highest BCUT2D eigenvalue weighted by molar-refractivity contribution is 6.30. The predicted octanol–water partition coefficient (Wildman–Crippen LogP) is 4.97. The molecule has 0 unspecified atom stereocenters. The average Bonchev–Trinajstić information content (AvgIpc) is 2.38. The maximum Gasteiger partial charge on any atom is 0.416 e. The van der Waals surface area contributed by atoms with Crippen molar-refractivity contribution in [2.45, 2.75) is 6.18 Å². The minimum absolute atomic E-state index is 0.0835. The Kier molecular flexibility index (Phi) is 3.86. The standard InChI is InChI=1S/C14H8ClF3N2/c15-11-2-1-3-12(7-11)20-13-5-4-10(14(16,17)18)6-9(13)8-19/h1-7,20H. The quantitative estimate of drug-likeness (QED) is 0.849. The second-order valence-electron chi connectivity index (χ2n) is 4.01. The van der Waals surface area contributed by atoms with Crippen LogP contribution in [0.25, 0.3) is 0 Å². The number of benzene rings is 2. The molecule has 0 spiro atoms. The summed E-state index contributed by atoms with van der Waals surface area (Å²) in [5, 5.41) is 12.3. The third-order valence-electron chi connectivity index (χ3n) is 2.57. The fourth-order valence-corrected chi connectivity index (χ4v) is 1.83. The number of nitriles is 1. The van der Waals surface area contributed by atoms with Gasteiger partial charge in [-0.05, 0) is 36.4 Å². The molecule has 0 aliphatic rings. The molecule has 6 heteroatoms. The normalized spacial score (nSPS) is 10.9. The Morgan fingerprint density at radius 2 is 1.85 bits per heavy atom. The van der Waals surface area contributed by atoms with Gasteiger partial charge in [0.15, 0.2) is 0 Å². The molecule has 1 N–H and O–H groups in total. The third kappa shape index (κ3) is 3.22. The minimum Gasteiger partial charge on any atom is -0.354 e. The summed E-state index contributed by atoms with van der Waals surface area (Å²) < 4.78 is 37.7. The number of hydrogen-bond acceptors (Lipinski definition) is 2. The fourth-order valence-electron chi connectivity index (χ4n) is 1.64. The van der Waals surface area contributed by atoms with E-state index in [1.54, 1.807) is 30.3 Å². The van der Waals surface area contributed by atoms with Crippen molar-refractivity contribution >= 4 is 23.0 Å². The van der Waals surface area contributed by atoms with E-state index in [1.165, 1.54) is 6.07 Å². The SMILES string of the molecule is N#Cc1cc(C(F)(F)F)ccc1Nc1cccc(Cl)c1. The van der Waals surface area contributed by atoms with Gasteiger partial charge in [0.2, 0.25) is 0 Å². The summed E-state index contributed by atoms with van der Waals surface area (Å²) in [6.07, 6.45) is -4.47. The van der Waals surface area contributed by atoms with Gasteiger partial charge in [-0.3, -0.25) is 0 Å².